The van der Waals surface area contributed by atoms with Gasteiger partial charge in [-0.2, -0.15) is 0 Å². The molecule has 3 nitrogen and oxygen atoms in total. The van der Waals surface area contributed by atoms with E-state index < -0.39 is 5.54 Å². The van der Waals surface area contributed by atoms with E-state index in [1.807, 2.05) is 24.3 Å². The van der Waals surface area contributed by atoms with Crippen molar-refractivity contribution in [2.24, 2.45) is 0 Å². The fourth-order valence-electron chi connectivity index (χ4n) is 2.94. The van der Waals surface area contributed by atoms with Crippen LogP contribution in [0, 0.1) is 0 Å². The van der Waals surface area contributed by atoms with Gasteiger partial charge in [0.05, 0.1) is 12.1 Å². The van der Waals surface area contributed by atoms with Crippen molar-refractivity contribution >= 4 is 29.3 Å². The molecule has 1 N–H and O–H groups in total. The second-order valence-electron chi connectivity index (χ2n) is 5.79. The first-order chi connectivity index (χ1) is 9.97. The molecule has 0 spiro atoms. The predicted octanol–water partition coefficient (Wildman–Crippen LogP) is 3.89. The molecular weight excluding hydrogens is 306 g/mol. The third-order valence-corrected chi connectivity index (χ3v) is 5.53. The van der Waals surface area contributed by atoms with Crippen molar-refractivity contribution in [3.05, 3.63) is 29.3 Å². The highest BCUT2D eigenvalue weighted by Gasteiger charge is 2.46. The summed E-state index contributed by atoms with van der Waals surface area (Å²) in [4.78, 5) is 13.3. The molecular formula is C16H22ClNO2S. The van der Waals surface area contributed by atoms with Crippen LogP contribution >= 0.6 is 23.4 Å². The zero-order valence-corrected chi connectivity index (χ0v) is 14.3. The smallest absolute Gasteiger partial charge is 0.326 e. The van der Waals surface area contributed by atoms with E-state index in [9.17, 15) is 4.79 Å². The Labute approximate surface area is 135 Å². The summed E-state index contributed by atoms with van der Waals surface area (Å²) < 4.78 is 5.02. The minimum absolute atomic E-state index is 0.154. The number of benzene rings is 1. The van der Waals surface area contributed by atoms with Gasteiger partial charge in [0.1, 0.15) is 5.54 Å². The summed E-state index contributed by atoms with van der Waals surface area (Å²) in [5.74, 6) is -0.154. The van der Waals surface area contributed by atoms with Gasteiger partial charge in [-0.15, -0.1) is 11.8 Å². The maximum Gasteiger partial charge on any atom is 0.326 e. The van der Waals surface area contributed by atoms with Crippen molar-refractivity contribution in [1.82, 2.24) is 5.32 Å². The summed E-state index contributed by atoms with van der Waals surface area (Å²) in [7, 11) is 1.46. The molecule has 5 heteroatoms. The lowest BCUT2D eigenvalue weighted by Gasteiger charge is -2.30. The van der Waals surface area contributed by atoms with Gasteiger partial charge in [-0.1, -0.05) is 23.7 Å². The van der Waals surface area contributed by atoms with Crippen LogP contribution in [0.2, 0.25) is 5.02 Å². The van der Waals surface area contributed by atoms with Crippen LogP contribution in [0.4, 0.5) is 0 Å². The molecule has 0 aromatic heterocycles. The summed E-state index contributed by atoms with van der Waals surface area (Å²) in [6.45, 7) is 4.11. The maximum absolute atomic E-state index is 12.2. The number of nitrogens with one attached hydrogen (secondary N) is 1. The van der Waals surface area contributed by atoms with Crippen molar-refractivity contribution in [3.63, 3.8) is 0 Å². The molecule has 1 saturated carbocycles. The maximum atomic E-state index is 12.2. The molecule has 116 valence electrons. The first kappa shape index (κ1) is 16.7. The number of ether oxygens (including phenoxy) is 1. The molecule has 0 amide bonds. The number of methoxy groups -OCH3 is 1. The van der Waals surface area contributed by atoms with Gasteiger partial charge in [-0.05, 0) is 45.2 Å². The second-order valence-corrected chi connectivity index (χ2v) is 7.54. The van der Waals surface area contributed by atoms with Crippen LogP contribution in [0.3, 0.4) is 0 Å². The average Bonchev–Trinajstić information content (AvgIpc) is 2.84. The molecule has 1 aliphatic carbocycles. The number of hydrogen-bond donors (Lipinski definition) is 1. The highest BCUT2D eigenvalue weighted by Crippen LogP contribution is 2.42. The Morgan fingerprint density at radius 1 is 1.48 bits per heavy atom. The van der Waals surface area contributed by atoms with Crippen LogP contribution in [0.15, 0.2) is 29.2 Å². The third kappa shape index (κ3) is 3.93. The topological polar surface area (TPSA) is 38.3 Å². The Balaban J connectivity index is 2.09. The Morgan fingerprint density at radius 2 is 2.19 bits per heavy atom. The molecule has 2 rings (SSSR count). The predicted molar refractivity (Wildman–Crippen MR) is 88.0 cm³/mol. The normalized spacial score (nSPS) is 25.3. The molecule has 0 saturated heterocycles. The fraction of sp³-hybridized carbons (Fsp3) is 0.562. The van der Waals surface area contributed by atoms with E-state index in [0.29, 0.717) is 5.25 Å². The lowest BCUT2D eigenvalue weighted by molar-refractivity contribution is -0.148. The molecule has 0 aliphatic heterocycles. The van der Waals surface area contributed by atoms with Crippen molar-refractivity contribution in [2.75, 3.05) is 7.11 Å². The van der Waals surface area contributed by atoms with Crippen molar-refractivity contribution < 1.29 is 9.53 Å². The average molecular weight is 328 g/mol. The van der Waals surface area contributed by atoms with Gasteiger partial charge < -0.3 is 4.74 Å². The van der Waals surface area contributed by atoms with E-state index in [1.165, 1.54) is 7.11 Å². The first-order valence-corrected chi connectivity index (χ1v) is 8.50. The Morgan fingerprint density at radius 3 is 2.81 bits per heavy atom. The summed E-state index contributed by atoms with van der Waals surface area (Å²) in [5, 5.41) is 4.56. The van der Waals surface area contributed by atoms with Gasteiger partial charge in [-0.3, -0.25) is 10.1 Å². The summed E-state index contributed by atoms with van der Waals surface area (Å²) in [6, 6.07) is 8.09. The van der Waals surface area contributed by atoms with Gasteiger partial charge >= 0.3 is 5.97 Å². The van der Waals surface area contributed by atoms with Gasteiger partial charge in [0, 0.05) is 16.2 Å². The zero-order chi connectivity index (χ0) is 15.5. The molecule has 0 bridgehead atoms. The molecule has 2 atom stereocenters. The minimum Gasteiger partial charge on any atom is -0.468 e. The monoisotopic (exact) mass is 327 g/mol. The van der Waals surface area contributed by atoms with E-state index in [2.05, 4.69) is 19.2 Å². The molecule has 1 fully saturated rings. The Kier molecular flexibility index (Phi) is 5.58. The Bertz CT molecular complexity index is 509. The standard InChI is InChI=1S/C16H22ClNO2S/c1-11(2)18-16(15(19)20-3)9-8-12(10-16)21-14-7-5-4-6-13(14)17/h4-7,11-12,18H,8-10H2,1-3H3. The zero-order valence-electron chi connectivity index (χ0n) is 12.7. The number of halogens is 1. The molecule has 2 unspecified atom stereocenters. The van der Waals surface area contributed by atoms with Gasteiger partial charge in [0.2, 0.25) is 0 Å². The minimum atomic E-state index is -0.554. The lowest BCUT2D eigenvalue weighted by Crippen LogP contribution is -2.53. The number of esters is 1. The number of rotatable bonds is 5. The quantitative estimate of drug-likeness (QED) is 0.833. The van der Waals surface area contributed by atoms with E-state index >= 15 is 0 Å². The SMILES string of the molecule is COC(=O)C1(NC(C)C)CCC(Sc2ccccc2Cl)C1. The third-order valence-electron chi connectivity index (χ3n) is 3.74. The van der Waals surface area contributed by atoms with Crippen LogP contribution in [0.5, 0.6) is 0 Å². The van der Waals surface area contributed by atoms with E-state index in [0.717, 1.165) is 29.2 Å². The second kappa shape index (κ2) is 7.03. The van der Waals surface area contributed by atoms with E-state index in [-0.39, 0.29) is 12.0 Å². The highest BCUT2D eigenvalue weighted by atomic mass is 35.5. The summed E-state index contributed by atoms with van der Waals surface area (Å²) >= 11 is 7.98. The van der Waals surface area contributed by atoms with Gasteiger partial charge in [0.25, 0.3) is 0 Å². The van der Waals surface area contributed by atoms with E-state index in [1.54, 1.807) is 11.8 Å². The molecule has 1 aromatic carbocycles. The van der Waals surface area contributed by atoms with Crippen LogP contribution < -0.4 is 5.32 Å². The number of carbonyl (C=O) groups is 1. The van der Waals surface area contributed by atoms with Crippen molar-refractivity contribution in [3.8, 4) is 0 Å². The molecule has 21 heavy (non-hydrogen) atoms. The molecule has 0 radical (unpaired) electrons. The molecule has 0 heterocycles. The lowest BCUT2D eigenvalue weighted by atomic mass is 9.96. The van der Waals surface area contributed by atoms with Crippen LogP contribution in [-0.2, 0) is 9.53 Å². The summed E-state index contributed by atoms with van der Waals surface area (Å²) in [6.07, 6.45) is 2.55. The van der Waals surface area contributed by atoms with Crippen molar-refractivity contribution in [1.29, 1.82) is 0 Å². The number of thioether (sulfide) groups is 1. The van der Waals surface area contributed by atoms with Crippen LogP contribution in [0.1, 0.15) is 33.1 Å². The number of carbonyl (C=O) groups excluding carboxylic acids is 1. The fourth-order valence-corrected chi connectivity index (χ4v) is 4.51. The van der Waals surface area contributed by atoms with Gasteiger partial charge in [0.15, 0.2) is 0 Å². The van der Waals surface area contributed by atoms with Crippen LogP contribution in [-0.4, -0.2) is 29.9 Å². The molecule has 1 aromatic rings. The largest absolute Gasteiger partial charge is 0.468 e. The first-order valence-electron chi connectivity index (χ1n) is 7.24. The van der Waals surface area contributed by atoms with E-state index in [4.69, 9.17) is 16.3 Å². The highest BCUT2D eigenvalue weighted by molar-refractivity contribution is 8.00. The number of hydrogen-bond acceptors (Lipinski definition) is 4. The Hall–Kier alpha value is -0.710. The molecule has 1 aliphatic rings. The van der Waals surface area contributed by atoms with Crippen molar-refractivity contribution in [2.45, 2.75) is 54.8 Å². The summed E-state index contributed by atoms with van der Waals surface area (Å²) in [5.41, 5.74) is -0.554. The van der Waals surface area contributed by atoms with Crippen LogP contribution in [0.25, 0.3) is 0 Å². The van der Waals surface area contributed by atoms with Gasteiger partial charge in [-0.25, -0.2) is 0 Å².